The molecule has 0 amide bonds. The quantitative estimate of drug-likeness (QED) is 0.173. The Morgan fingerprint density at radius 2 is 1.04 bits per heavy atom. The van der Waals surface area contributed by atoms with Crippen molar-refractivity contribution in [3.8, 4) is 34.1 Å². The molecule has 3 aliphatic heterocycles. The molecule has 0 saturated carbocycles. The van der Waals surface area contributed by atoms with Gasteiger partial charge in [-0.3, -0.25) is 0 Å². The Morgan fingerprint density at radius 3 is 1.65 bits per heavy atom. The molecular weight excluding hydrogens is 659 g/mol. The first-order valence-electron chi connectivity index (χ1n) is 16.9. The number of hydrogen-bond donors (Lipinski definition) is 0. The number of anilines is 3. The molecule has 11 rings (SSSR count). The van der Waals surface area contributed by atoms with Crippen LogP contribution in [0.15, 0.2) is 146 Å². The number of benzene rings is 7. The van der Waals surface area contributed by atoms with E-state index < -0.39 is 19.8 Å². The molecule has 7 aromatic carbocycles. The summed E-state index contributed by atoms with van der Waals surface area (Å²) in [7, 11) is 0. The van der Waals surface area contributed by atoms with Crippen molar-refractivity contribution in [3.05, 3.63) is 179 Å². The summed E-state index contributed by atoms with van der Waals surface area (Å²) in [4.78, 5) is 2.48. The summed E-state index contributed by atoms with van der Waals surface area (Å²) in [5, 5.41) is 0. The van der Waals surface area contributed by atoms with Crippen LogP contribution in [0.25, 0.3) is 11.1 Å². The molecule has 49 heavy (non-hydrogen) atoms. The Balaban J connectivity index is 1.20. The maximum absolute atomic E-state index is 6.78. The van der Waals surface area contributed by atoms with Crippen molar-refractivity contribution in [1.82, 2.24) is 0 Å². The van der Waals surface area contributed by atoms with Gasteiger partial charge in [0.1, 0.15) is 0 Å². The number of fused-ring (bicyclic) bond motifs is 3. The Morgan fingerprint density at radius 1 is 0.490 bits per heavy atom. The van der Waals surface area contributed by atoms with E-state index in [1.807, 2.05) is 0 Å². The number of ether oxygens (including phenoxy) is 2. The van der Waals surface area contributed by atoms with Crippen LogP contribution in [0.4, 0.5) is 17.1 Å². The molecule has 4 aliphatic rings. The number of hydrogen-bond acceptors (Lipinski definition) is 3. The molecule has 0 bridgehead atoms. The van der Waals surface area contributed by atoms with Gasteiger partial charge in [-0.25, -0.2) is 0 Å². The standard InChI is InChI=1S/C45H30GeNO2/c1-27-20-24-36-40-43(27)48-38-18-11-19-39-42(38)46(40)41-37(25-21-28(2)44(41)49-39)47(36)31-22-23-35-33(26-31)32-16-9-10-17-34(32)45(35,29-12-5-3-6-13-29)30-14-7-4-8-15-30/h3-26H,1-2H3. The van der Waals surface area contributed by atoms with Gasteiger partial charge in [0.05, 0.1) is 0 Å². The molecule has 1 radical (unpaired) electrons. The molecule has 0 atom stereocenters. The van der Waals surface area contributed by atoms with Crippen molar-refractivity contribution in [3.63, 3.8) is 0 Å². The Hall–Kier alpha value is -5.52. The van der Waals surface area contributed by atoms with E-state index >= 15 is 0 Å². The first-order chi connectivity index (χ1) is 24.1. The van der Waals surface area contributed by atoms with Crippen LogP contribution in [-0.2, 0) is 5.41 Å². The Kier molecular flexibility index (Phi) is 5.47. The summed E-state index contributed by atoms with van der Waals surface area (Å²) >= 11 is -2.30. The first-order valence-corrected chi connectivity index (χ1v) is 20.1. The zero-order chi connectivity index (χ0) is 32.4. The van der Waals surface area contributed by atoms with Crippen molar-refractivity contribution in [2.45, 2.75) is 19.3 Å². The third-order valence-electron chi connectivity index (χ3n) is 11.0. The summed E-state index contributed by atoms with van der Waals surface area (Å²) in [5.41, 5.74) is 13.2. The summed E-state index contributed by atoms with van der Waals surface area (Å²) in [5.74, 6) is 3.97. The predicted molar refractivity (Wildman–Crippen MR) is 199 cm³/mol. The molecule has 4 heteroatoms. The van der Waals surface area contributed by atoms with Crippen LogP contribution in [0.5, 0.6) is 23.0 Å². The zero-order valence-electron chi connectivity index (χ0n) is 27.1. The van der Waals surface area contributed by atoms with Crippen molar-refractivity contribution < 1.29 is 9.47 Å². The topological polar surface area (TPSA) is 21.7 Å². The minimum absolute atomic E-state index is 0.428. The first kappa shape index (κ1) is 27.4. The fourth-order valence-corrected chi connectivity index (χ4v) is 16.0. The van der Waals surface area contributed by atoms with Crippen molar-refractivity contribution in [2.75, 3.05) is 4.90 Å². The number of nitrogens with zero attached hydrogens (tertiary/aromatic N) is 1. The summed E-state index contributed by atoms with van der Waals surface area (Å²) in [6, 6.07) is 53.6. The van der Waals surface area contributed by atoms with E-state index in [0.29, 0.717) is 0 Å². The van der Waals surface area contributed by atoms with Gasteiger partial charge in [-0.05, 0) is 0 Å². The van der Waals surface area contributed by atoms with E-state index in [2.05, 4.69) is 164 Å². The predicted octanol–water partition coefficient (Wildman–Crippen LogP) is 9.18. The van der Waals surface area contributed by atoms with E-state index in [4.69, 9.17) is 9.47 Å². The molecule has 3 nitrogen and oxygen atoms in total. The molecule has 0 unspecified atom stereocenters. The van der Waals surface area contributed by atoms with Gasteiger partial charge < -0.3 is 0 Å². The average molecular weight is 689 g/mol. The van der Waals surface area contributed by atoms with Gasteiger partial charge >= 0.3 is 291 Å². The van der Waals surface area contributed by atoms with Crippen molar-refractivity contribution in [2.24, 2.45) is 0 Å². The second-order valence-electron chi connectivity index (χ2n) is 13.5. The monoisotopic (exact) mass is 690 g/mol. The van der Waals surface area contributed by atoms with Gasteiger partial charge in [0.25, 0.3) is 0 Å². The SMILES string of the molecule is Cc1ccc2[c]3c1Oc1cccc4[c]1[Ge]3[c]1c(ccc(C)c1O4)N2c1ccc2c(c1)-c1ccccc1C2(c1ccccc1)c1ccccc1. The fourth-order valence-electron chi connectivity index (χ4n) is 8.98. The van der Waals surface area contributed by atoms with Crippen LogP contribution in [0.2, 0.25) is 0 Å². The van der Waals surface area contributed by atoms with Crippen LogP contribution >= 0.6 is 0 Å². The third kappa shape index (κ3) is 3.43. The van der Waals surface area contributed by atoms with Crippen LogP contribution < -0.4 is 27.6 Å². The molecule has 0 saturated heterocycles. The van der Waals surface area contributed by atoms with E-state index in [0.717, 1.165) is 28.7 Å². The van der Waals surface area contributed by atoms with Crippen molar-refractivity contribution >= 4 is 44.6 Å². The number of aryl methyl sites for hydroxylation is 2. The van der Waals surface area contributed by atoms with Gasteiger partial charge in [0.15, 0.2) is 0 Å². The molecule has 0 N–H and O–H groups in total. The fraction of sp³-hybridized carbons (Fsp3) is 0.0667. The van der Waals surface area contributed by atoms with Gasteiger partial charge in [0.2, 0.25) is 0 Å². The van der Waals surface area contributed by atoms with E-state index in [9.17, 15) is 0 Å². The van der Waals surface area contributed by atoms with Crippen LogP contribution in [0.1, 0.15) is 33.4 Å². The average Bonchev–Trinajstić information content (AvgIpc) is 3.45. The summed E-state index contributed by atoms with van der Waals surface area (Å²) in [6.07, 6.45) is 0. The molecular formula is C45H30GeNO2. The maximum atomic E-state index is 6.78. The zero-order valence-corrected chi connectivity index (χ0v) is 29.2. The van der Waals surface area contributed by atoms with Crippen LogP contribution in [0.3, 0.4) is 0 Å². The van der Waals surface area contributed by atoms with E-state index in [1.165, 1.54) is 69.1 Å². The van der Waals surface area contributed by atoms with Gasteiger partial charge in [0, 0.05) is 0 Å². The van der Waals surface area contributed by atoms with Gasteiger partial charge in [-0.15, -0.1) is 0 Å². The summed E-state index contributed by atoms with van der Waals surface area (Å²) in [6.45, 7) is 4.36. The minimum atomic E-state index is -2.30. The molecule has 1 aliphatic carbocycles. The second kappa shape index (κ2) is 9.77. The van der Waals surface area contributed by atoms with Gasteiger partial charge in [-0.1, -0.05) is 0 Å². The third-order valence-corrected chi connectivity index (χ3v) is 17.2. The van der Waals surface area contributed by atoms with Crippen LogP contribution in [0, 0.1) is 13.8 Å². The Bertz CT molecular complexity index is 2420. The molecule has 3 heterocycles. The molecule has 231 valence electrons. The molecule has 0 aromatic heterocycles. The molecule has 0 spiro atoms. The Labute approximate surface area is 290 Å². The van der Waals surface area contributed by atoms with Crippen molar-refractivity contribution in [1.29, 1.82) is 0 Å². The van der Waals surface area contributed by atoms with E-state index in [-0.39, 0.29) is 0 Å². The van der Waals surface area contributed by atoms with E-state index in [1.54, 1.807) is 0 Å². The molecule has 0 fully saturated rings. The molecule has 7 aromatic rings. The second-order valence-corrected chi connectivity index (χ2v) is 18.2. The normalized spacial score (nSPS) is 15.1. The number of rotatable bonds is 3. The van der Waals surface area contributed by atoms with Gasteiger partial charge in [-0.2, -0.15) is 0 Å². The summed E-state index contributed by atoms with van der Waals surface area (Å²) < 4.78 is 17.6. The van der Waals surface area contributed by atoms with Crippen LogP contribution in [-0.4, -0.2) is 14.3 Å².